The fourth-order valence-corrected chi connectivity index (χ4v) is 3.30. The summed E-state index contributed by atoms with van der Waals surface area (Å²) in [6.07, 6.45) is 3.74. The molecule has 28 heavy (non-hydrogen) atoms. The lowest BCUT2D eigenvalue weighted by Crippen LogP contribution is -2.29. The molecule has 144 valence electrons. The molecule has 1 aliphatic carbocycles. The Labute approximate surface area is 163 Å². The minimum Gasteiger partial charge on any atom is -0.427 e. The first-order valence-corrected chi connectivity index (χ1v) is 9.60. The number of carbonyl (C=O) groups excluding carboxylic acids is 1. The van der Waals surface area contributed by atoms with Crippen molar-refractivity contribution < 1.29 is 9.21 Å². The lowest BCUT2D eigenvalue weighted by atomic mass is 10.1. The third-order valence-corrected chi connectivity index (χ3v) is 5.02. The van der Waals surface area contributed by atoms with Gasteiger partial charge in [0.05, 0.1) is 17.9 Å². The Morgan fingerprint density at radius 3 is 2.71 bits per heavy atom. The molecule has 1 saturated carbocycles. The highest BCUT2D eigenvalue weighted by atomic mass is 16.4. The first-order chi connectivity index (χ1) is 13.6. The van der Waals surface area contributed by atoms with E-state index in [0.29, 0.717) is 30.2 Å². The highest BCUT2D eigenvalue weighted by molar-refractivity contribution is 5.95. The molecule has 2 N–H and O–H groups in total. The Hall–Kier alpha value is -3.15. The molecule has 0 spiro atoms. The second-order valence-electron chi connectivity index (χ2n) is 7.32. The number of amides is 1. The van der Waals surface area contributed by atoms with Gasteiger partial charge in [-0.3, -0.25) is 9.89 Å². The molecule has 0 radical (unpaired) electrons. The van der Waals surface area contributed by atoms with Crippen molar-refractivity contribution >= 4 is 5.91 Å². The van der Waals surface area contributed by atoms with E-state index in [1.54, 1.807) is 13.0 Å². The van der Waals surface area contributed by atoms with Gasteiger partial charge in [-0.05, 0) is 49.4 Å². The van der Waals surface area contributed by atoms with Crippen molar-refractivity contribution in [3.63, 3.8) is 0 Å². The number of aromatic amines is 1. The summed E-state index contributed by atoms with van der Waals surface area (Å²) in [7, 11) is 0. The molecule has 0 aliphatic heterocycles. The molecule has 2 heterocycles. The van der Waals surface area contributed by atoms with Crippen molar-refractivity contribution in [1.82, 2.24) is 15.5 Å². The van der Waals surface area contributed by atoms with E-state index in [1.807, 2.05) is 36.4 Å². The molecule has 6 heteroatoms. The summed E-state index contributed by atoms with van der Waals surface area (Å²) in [6.45, 7) is 2.06. The normalized spacial score (nSPS) is 13.5. The summed E-state index contributed by atoms with van der Waals surface area (Å²) < 4.78 is 5.39. The summed E-state index contributed by atoms with van der Waals surface area (Å²) in [5.74, 6) is 0.715. The maximum atomic E-state index is 12.5. The van der Waals surface area contributed by atoms with Crippen LogP contribution < -0.4 is 10.9 Å². The van der Waals surface area contributed by atoms with Gasteiger partial charge in [-0.1, -0.05) is 30.3 Å². The number of rotatable bonds is 7. The highest BCUT2D eigenvalue weighted by Crippen LogP contribution is 2.38. The number of benzene rings is 1. The van der Waals surface area contributed by atoms with Crippen LogP contribution >= 0.6 is 0 Å². The smallest absolute Gasteiger partial charge is 0.349 e. The number of hydrogen-bond donors (Lipinski definition) is 2. The van der Waals surface area contributed by atoms with Crippen LogP contribution in [-0.4, -0.2) is 16.1 Å². The number of nitrogens with one attached hydrogen (secondary N) is 2. The van der Waals surface area contributed by atoms with E-state index >= 15 is 0 Å². The zero-order valence-corrected chi connectivity index (χ0v) is 15.8. The van der Waals surface area contributed by atoms with Crippen molar-refractivity contribution in [2.75, 3.05) is 0 Å². The standard InChI is InChI=1S/C22H23N3O3/c1-14-11-18(10-7-15-5-3-2-4-6-15)28-22(27)20(14)21(26)23-13-17-12-19(25-24-17)16-8-9-16/h2-6,11-12,16H,7-10,13H2,1H3,(H,23,26)(H,24,25). The van der Waals surface area contributed by atoms with Crippen LogP contribution in [-0.2, 0) is 19.4 Å². The molecule has 1 fully saturated rings. The van der Waals surface area contributed by atoms with Crippen molar-refractivity contribution in [3.05, 3.63) is 86.7 Å². The third-order valence-electron chi connectivity index (χ3n) is 5.02. The van der Waals surface area contributed by atoms with Gasteiger partial charge in [0.1, 0.15) is 11.3 Å². The fraction of sp³-hybridized carbons (Fsp3) is 0.318. The monoisotopic (exact) mass is 377 g/mol. The van der Waals surface area contributed by atoms with Gasteiger partial charge in [0.25, 0.3) is 5.91 Å². The van der Waals surface area contributed by atoms with Crippen molar-refractivity contribution in [3.8, 4) is 0 Å². The van der Waals surface area contributed by atoms with Crippen LogP contribution in [0.15, 0.2) is 51.7 Å². The minimum atomic E-state index is -0.594. The summed E-state index contributed by atoms with van der Waals surface area (Å²) in [4.78, 5) is 24.9. The quantitative estimate of drug-likeness (QED) is 0.661. The van der Waals surface area contributed by atoms with Gasteiger partial charge in [0, 0.05) is 12.3 Å². The molecule has 3 aromatic rings. The molecule has 0 bridgehead atoms. The molecular formula is C22H23N3O3. The second-order valence-corrected chi connectivity index (χ2v) is 7.32. The van der Waals surface area contributed by atoms with Crippen LogP contribution in [0.4, 0.5) is 0 Å². The van der Waals surface area contributed by atoms with Crippen LogP contribution in [0.1, 0.15) is 57.4 Å². The number of nitrogens with zero attached hydrogens (tertiary/aromatic N) is 1. The van der Waals surface area contributed by atoms with Crippen LogP contribution in [0.25, 0.3) is 0 Å². The first-order valence-electron chi connectivity index (χ1n) is 9.60. The zero-order valence-electron chi connectivity index (χ0n) is 15.8. The van der Waals surface area contributed by atoms with Crippen molar-refractivity contribution in [2.45, 2.75) is 45.1 Å². The Morgan fingerprint density at radius 2 is 2.00 bits per heavy atom. The summed E-state index contributed by atoms with van der Waals surface area (Å²) >= 11 is 0. The number of carbonyl (C=O) groups is 1. The molecule has 2 aromatic heterocycles. The summed E-state index contributed by atoms with van der Waals surface area (Å²) in [5.41, 5.74) is 3.14. The molecule has 1 aromatic carbocycles. The Bertz CT molecular complexity index is 1030. The lowest BCUT2D eigenvalue weighted by Gasteiger charge is -2.07. The van der Waals surface area contributed by atoms with E-state index in [0.717, 1.165) is 17.8 Å². The van der Waals surface area contributed by atoms with E-state index < -0.39 is 11.5 Å². The van der Waals surface area contributed by atoms with Gasteiger partial charge < -0.3 is 9.73 Å². The average molecular weight is 377 g/mol. The van der Waals surface area contributed by atoms with Gasteiger partial charge >= 0.3 is 5.63 Å². The zero-order chi connectivity index (χ0) is 19.5. The predicted molar refractivity (Wildman–Crippen MR) is 105 cm³/mol. The van der Waals surface area contributed by atoms with Crippen LogP contribution in [0.2, 0.25) is 0 Å². The first kappa shape index (κ1) is 18.2. The molecular weight excluding hydrogens is 354 g/mol. The fourth-order valence-electron chi connectivity index (χ4n) is 3.30. The largest absolute Gasteiger partial charge is 0.427 e. The van der Waals surface area contributed by atoms with Crippen LogP contribution in [0, 0.1) is 6.92 Å². The van der Waals surface area contributed by atoms with Gasteiger partial charge in [0.15, 0.2) is 0 Å². The summed E-state index contributed by atoms with van der Waals surface area (Å²) in [5, 5.41) is 9.98. The van der Waals surface area contributed by atoms with Gasteiger partial charge in [-0.15, -0.1) is 0 Å². The maximum absolute atomic E-state index is 12.5. The number of hydrogen-bond acceptors (Lipinski definition) is 4. The maximum Gasteiger partial charge on any atom is 0.349 e. The molecule has 1 aliphatic rings. The van der Waals surface area contributed by atoms with E-state index in [1.165, 1.54) is 18.4 Å². The number of H-pyrrole nitrogens is 1. The highest BCUT2D eigenvalue weighted by Gasteiger charge is 2.26. The average Bonchev–Trinajstić information content (AvgIpc) is 3.43. The Morgan fingerprint density at radius 1 is 1.21 bits per heavy atom. The van der Waals surface area contributed by atoms with E-state index in [9.17, 15) is 9.59 Å². The van der Waals surface area contributed by atoms with Crippen molar-refractivity contribution in [1.29, 1.82) is 0 Å². The molecule has 0 unspecified atom stereocenters. The van der Waals surface area contributed by atoms with Crippen LogP contribution in [0.3, 0.4) is 0 Å². The van der Waals surface area contributed by atoms with Gasteiger partial charge in [-0.25, -0.2) is 4.79 Å². The second kappa shape index (κ2) is 7.84. The molecule has 4 rings (SSSR count). The lowest BCUT2D eigenvalue weighted by molar-refractivity contribution is 0.0945. The third kappa shape index (κ3) is 4.22. The van der Waals surface area contributed by atoms with E-state index in [4.69, 9.17) is 4.42 Å². The topological polar surface area (TPSA) is 88.0 Å². The minimum absolute atomic E-state index is 0.0605. The predicted octanol–water partition coefficient (Wildman–Crippen LogP) is 3.26. The molecule has 0 saturated heterocycles. The van der Waals surface area contributed by atoms with E-state index in [2.05, 4.69) is 15.5 Å². The number of aryl methyl sites for hydroxylation is 3. The van der Waals surface area contributed by atoms with Crippen LogP contribution in [0.5, 0.6) is 0 Å². The summed E-state index contributed by atoms with van der Waals surface area (Å²) in [6, 6.07) is 13.8. The van der Waals surface area contributed by atoms with E-state index in [-0.39, 0.29) is 5.56 Å². The van der Waals surface area contributed by atoms with Gasteiger partial charge in [-0.2, -0.15) is 5.10 Å². The van der Waals surface area contributed by atoms with Gasteiger partial charge in [0.2, 0.25) is 0 Å². The van der Waals surface area contributed by atoms with Crippen molar-refractivity contribution in [2.24, 2.45) is 0 Å². The number of aromatic nitrogens is 2. The molecule has 0 atom stereocenters. The Kier molecular flexibility index (Phi) is 5.10. The SMILES string of the molecule is Cc1cc(CCc2ccccc2)oc(=O)c1C(=O)NCc1cc(C2CC2)n[nH]1. The molecule has 1 amide bonds. The Balaban J connectivity index is 1.40. The molecule has 6 nitrogen and oxygen atoms in total.